The summed E-state index contributed by atoms with van der Waals surface area (Å²) < 4.78 is 2.19. The Hall–Kier alpha value is -2.36. The number of hydrogen-bond donors (Lipinski definition) is 1. The van der Waals surface area contributed by atoms with E-state index in [4.69, 9.17) is 10.7 Å². The van der Waals surface area contributed by atoms with Crippen LogP contribution in [0.2, 0.25) is 0 Å². The van der Waals surface area contributed by atoms with Gasteiger partial charge in [0, 0.05) is 24.0 Å². The van der Waals surface area contributed by atoms with Gasteiger partial charge in [0.1, 0.15) is 11.3 Å². The van der Waals surface area contributed by atoms with Crippen molar-refractivity contribution in [1.29, 1.82) is 0 Å². The highest BCUT2D eigenvalue weighted by Gasteiger charge is 2.14. The molecular formula is C16H18N4. The number of benzene rings is 1. The van der Waals surface area contributed by atoms with Gasteiger partial charge in [-0.15, -0.1) is 0 Å². The van der Waals surface area contributed by atoms with Gasteiger partial charge < -0.3 is 10.3 Å². The summed E-state index contributed by atoms with van der Waals surface area (Å²) in [4.78, 5) is 9.22. The summed E-state index contributed by atoms with van der Waals surface area (Å²) in [7, 11) is 0. The number of nitrogens with zero attached hydrogens (tertiary/aromatic N) is 3. The fraction of sp³-hybridized carbons (Fsp3) is 0.250. The summed E-state index contributed by atoms with van der Waals surface area (Å²) in [6.07, 6.45) is 2.86. The van der Waals surface area contributed by atoms with Gasteiger partial charge in [-0.3, -0.25) is 0 Å². The van der Waals surface area contributed by atoms with E-state index in [0.717, 1.165) is 46.8 Å². The maximum absolute atomic E-state index is 5.84. The number of pyridine rings is 1. The molecule has 3 rings (SSSR count). The maximum atomic E-state index is 5.84. The first-order valence-electron chi connectivity index (χ1n) is 6.88. The lowest BCUT2D eigenvalue weighted by atomic mass is 10.1. The van der Waals surface area contributed by atoms with E-state index in [2.05, 4.69) is 23.4 Å². The van der Waals surface area contributed by atoms with Gasteiger partial charge in [0.2, 0.25) is 0 Å². The van der Waals surface area contributed by atoms with E-state index in [1.54, 1.807) is 0 Å². The molecule has 0 spiro atoms. The number of anilines is 1. The van der Waals surface area contributed by atoms with E-state index < -0.39 is 0 Å². The van der Waals surface area contributed by atoms with Crippen molar-refractivity contribution >= 4 is 16.9 Å². The Labute approximate surface area is 118 Å². The van der Waals surface area contributed by atoms with E-state index in [0.29, 0.717) is 0 Å². The molecule has 0 aliphatic rings. The number of rotatable bonds is 3. The number of hydrogen-bond acceptors (Lipinski definition) is 3. The van der Waals surface area contributed by atoms with Crippen LogP contribution >= 0.6 is 0 Å². The second kappa shape index (κ2) is 4.96. The molecule has 2 N–H and O–H groups in total. The third-order valence-electron chi connectivity index (χ3n) is 3.44. The van der Waals surface area contributed by atoms with Gasteiger partial charge >= 0.3 is 0 Å². The summed E-state index contributed by atoms with van der Waals surface area (Å²) in [6, 6.07) is 9.87. The molecule has 2 aromatic heterocycles. The molecule has 0 unspecified atom stereocenters. The third kappa shape index (κ3) is 2.03. The van der Waals surface area contributed by atoms with E-state index in [9.17, 15) is 0 Å². The summed E-state index contributed by atoms with van der Waals surface area (Å²) in [6.45, 7) is 5.13. The van der Waals surface area contributed by atoms with E-state index >= 15 is 0 Å². The molecule has 3 aromatic rings. The number of aromatic nitrogens is 3. The van der Waals surface area contributed by atoms with Crippen molar-refractivity contribution in [3.63, 3.8) is 0 Å². The predicted octanol–water partition coefficient (Wildman–Crippen LogP) is 3.40. The van der Waals surface area contributed by atoms with Gasteiger partial charge in [-0.25, -0.2) is 9.97 Å². The highest BCUT2D eigenvalue weighted by molar-refractivity contribution is 5.78. The van der Waals surface area contributed by atoms with Crippen LogP contribution in [0, 0.1) is 6.92 Å². The minimum atomic E-state index is 0.780. The number of aryl methyl sites for hydroxylation is 2. The Morgan fingerprint density at radius 3 is 2.85 bits per heavy atom. The number of nitrogens with two attached hydrogens (primary N) is 1. The van der Waals surface area contributed by atoms with E-state index in [-0.39, 0.29) is 0 Å². The van der Waals surface area contributed by atoms with Crippen LogP contribution in [0.25, 0.3) is 22.6 Å². The Morgan fingerprint density at radius 1 is 1.25 bits per heavy atom. The van der Waals surface area contributed by atoms with Crippen LogP contribution in [-0.2, 0) is 6.54 Å². The van der Waals surface area contributed by atoms with Gasteiger partial charge in [0.05, 0.1) is 0 Å². The second-order valence-electron chi connectivity index (χ2n) is 5.01. The third-order valence-corrected chi connectivity index (χ3v) is 3.44. The highest BCUT2D eigenvalue weighted by atomic mass is 15.1. The fourth-order valence-corrected chi connectivity index (χ4v) is 2.54. The molecule has 0 atom stereocenters. The first-order valence-corrected chi connectivity index (χ1v) is 6.88. The second-order valence-corrected chi connectivity index (χ2v) is 5.01. The van der Waals surface area contributed by atoms with Crippen LogP contribution in [0.5, 0.6) is 0 Å². The van der Waals surface area contributed by atoms with Gasteiger partial charge in [0.25, 0.3) is 0 Å². The highest BCUT2D eigenvalue weighted by Crippen LogP contribution is 2.27. The van der Waals surface area contributed by atoms with Crippen LogP contribution in [0.3, 0.4) is 0 Å². The Bertz CT molecular complexity index is 758. The number of nitrogen functional groups attached to an aromatic ring is 1. The average Bonchev–Trinajstić information content (AvgIpc) is 2.78. The Kier molecular flexibility index (Phi) is 3.14. The Balaban J connectivity index is 2.26. The van der Waals surface area contributed by atoms with Crippen LogP contribution in [0.4, 0.5) is 5.69 Å². The summed E-state index contributed by atoms with van der Waals surface area (Å²) in [5.74, 6) is 0.970. The van der Waals surface area contributed by atoms with Gasteiger partial charge in [-0.05, 0) is 49.2 Å². The summed E-state index contributed by atoms with van der Waals surface area (Å²) >= 11 is 0. The first-order chi connectivity index (χ1) is 9.70. The molecule has 4 heteroatoms. The van der Waals surface area contributed by atoms with Crippen molar-refractivity contribution in [3.05, 3.63) is 42.1 Å². The smallest absolute Gasteiger partial charge is 0.160 e. The first kappa shape index (κ1) is 12.7. The van der Waals surface area contributed by atoms with Crippen LogP contribution in [0.1, 0.15) is 18.9 Å². The van der Waals surface area contributed by atoms with Crippen molar-refractivity contribution < 1.29 is 0 Å². The molecular weight excluding hydrogens is 248 g/mol. The lowest BCUT2D eigenvalue weighted by Gasteiger charge is -2.10. The topological polar surface area (TPSA) is 56.7 Å². The number of fused-ring (bicyclic) bond motifs is 1. The van der Waals surface area contributed by atoms with Crippen molar-refractivity contribution in [2.75, 3.05) is 5.73 Å². The zero-order chi connectivity index (χ0) is 14.1. The Morgan fingerprint density at radius 2 is 2.10 bits per heavy atom. The minimum Gasteiger partial charge on any atom is -0.399 e. The molecule has 0 aliphatic heterocycles. The molecule has 0 amide bonds. The van der Waals surface area contributed by atoms with Crippen molar-refractivity contribution in [3.8, 4) is 11.4 Å². The van der Waals surface area contributed by atoms with Crippen LogP contribution in [-0.4, -0.2) is 14.5 Å². The molecule has 102 valence electrons. The van der Waals surface area contributed by atoms with Gasteiger partial charge in [-0.1, -0.05) is 6.92 Å². The zero-order valence-electron chi connectivity index (χ0n) is 11.8. The lowest BCUT2D eigenvalue weighted by Crippen LogP contribution is -2.02. The molecule has 2 heterocycles. The zero-order valence-corrected chi connectivity index (χ0v) is 11.8. The molecule has 0 saturated heterocycles. The largest absolute Gasteiger partial charge is 0.399 e. The SMILES string of the molecule is CCCn1c(-c2ccc(N)cc2C)nc2cccnc21. The van der Waals surface area contributed by atoms with Crippen molar-refractivity contribution in [1.82, 2.24) is 14.5 Å². The molecule has 20 heavy (non-hydrogen) atoms. The number of imidazole rings is 1. The molecule has 1 aromatic carbocycles. The molecule has 4 nitrogen and oxygen atoms in total. The quantitative estimate of drug-likeness (QED) is 0.739. The monoisotopic (exact) mass is 266 g/mol. The van der Waals surface area contributed by atoms with Crippen molar-refractivity contribution in [2.24, 2.45) is 0 Å². The maximum Gasteiger partial charge on any atom is 0.160 e. The molecule has 0 fully saturated rings. The normalized spacial score (nSPS) is 11.1. The molecule has 0 saturated carbocycles. The predicted molar refractivity (Wildman–Crippen MR) is 82.4 cm³/mol. The summed E-state index contributed by atoms with van der Waals surface area (Å²) in [5.41, 5.74) is 10.8. The van der Waals surface area contributed by atoms with Crippen LogP contribution in [0.15, 0.2) is 36.5 Å². The summed E-state index contributed by atoms with van der Waals surface area (Å²) in [5, 5.41) is 0. The van der Waals surface area contributed by atoms with Gasteiger partial charge in [-0.2, -0.15) is 0 Å². The lowest BCUT2D eigenvalue weighted by molar-refractivity contribution is 0.698. The van der Waals surface area contributed by atoms with Gasteiger partial charge in [0.15, 0.2) is 5.65 Å². The standard InChI is InChI=1S/C16H18N4/c1-3-9-20-15(13-7-6-12(17)10-11(13)2)19-14-5-4-8-18-16(14)20/h4-8,10H,3,9,17H2,1-2H3. The molecule has 0 aliphatic carbocycles. The average molecular weight is 266 g/mol. The van der Waals surface area contributed by atoms with Crippen molar-refractivity contribution in [2.45, 2.75) is 26.8 Å². The minimum absolute atomic E-state index is 0.780. The fourth-order valence-electron chi connectivity index (χ4n) is 2.54. The molecule has 0 radical (unpaired) electrons. The molecule has 0 bridgehead atoms. The van der Waals surface area contributed by atoms with E-state index in [1.165, 1.54) is 0 Å². The van der Waals surface area contributed by atoms with Crippen LogP contribution < -0.4 is 5.73 Å². The van der Waals surface area contributed by atoms with E-state index in [1.807, 2.05) is 36.5 Å².